The second kappa shape index (κ2) is 11.4. The number of aromatic nitrogens is 4. The van der Waals surface area contributed by atoms with Gasteiger partial charge < -0.3 is 24.8 Å². The number of carbonyl (C=O) groups excluding carboxylic acids is 3. The van der Waals surface area contributed by atoms with Gasteiger partial charge in [-0.2, -0.15) is 0 Å². The lowest BCUT2D eigenvalue weighted by Crippen LogP contribution is -2.33. The fourth-order valence-corrected chi connectivity index (χ4v) is 5.06. The monoisotopic (exact) mass is 572 g/mol. The molecule has 2 aromatic carbocycles. The molecular weight excluding hydrogens is 540 g/mol. The number of amides is 3. The minimum Gasteiger partial charge on any atom is -0.508 e. The lowest BCUT2D eigenvalue weighted by Gasteiger charge is -2.19. The molecule has 3 N–H and O–H groups in total. The first-order valence-electron chi connectivity index (χ1n) is 13.6. The summed E-state index contributed by atoms with van der Waals surface area (Å²) in [6.07, 6.45) is 5.01. The van der Waals surface area contributed by atoms with E-state index in [-0.39, 0.29) is 59.9 Å². The Hall–Kier alpha value is -5.13. The van der Waals surface area contributed by atoms with Crippen LogP contribution >= 0.6 is 0 Å². The van der Waals surface area contributed by atoms with Crippen molar-refractivity contribution in [2.45, 2.75) is 39.2 Å². The molecule has 3 heterocycles. The zero-order chi connectivity index (χ0) is 30.1. The quantitative estimate of drug-likeness (QED) is 0.245. The highest BCUT2D eigenvalue weighted by atomic mass is 16.3. The standard InChI is InChI=1S/C30H32N6O6/c1-18(2)21-16-22(25(38)17-24(21)37)29-31-32-30(42)36(29)20-6-7-23-19(15-20)10-12-34(23)14-13-33(3)26(39)5-4-11-35-27(40)8-9-28(35)41/h6-10,12,15-18,37-38H,4-5,11,13-14H2,1-3H3,(H,32,42). The first-order valence-corrected chi connectivity index (χ1v) is 13.6. The van der Waals surface area contributed by atoms with Gasteiger partial charge in [0, 0.05) is 68.4 Å². The van der Waals surface area contributed by atoms with Crippen molar-refractivity contribution in [1.29, 1.82) is 0 Å². The molecule has 12 nitrogen and oxygen atoms in total. The first-order chi connectivity index (χ1) is 20.0. The largest absolute Gasteiger partial charge is 0.508 e. The van der Waals surface area contributed by atoms with Crippen LogP contribution in [0.3, 0.4) is 0 Å². The maximum Gasteiger partial charge on any atom is 0.319 e. The number of rotatable bonds is 10. The SMILES string of the molecule is CC(C)c1cc(-c2nnc(O)n2-c2ccc3c(ccn3CCN(C)C(=O)CCCN3C(=O)C=CC3=O)c2)c(O)cc1O. The van der Waals surface area contributed by atoms with Crippen LogP contribution in [-0.2, 0) is 20.9 Å². The summed E-state index contributed by atoms with van der Waals surface area (Å²) in [5.74, 6) is -0.773. The second-order valence-corrected chi connectivity index (χ2v) is 10.6. The highest BCUT2D eigenvalue weighted by molar-refractivity contribution is 6.12. The van der Waals surface area contributed by atoms with Gasteiger partial charge in [0.25, 0.3) is 11.8 Å². The van der Waals surface area contributed by atoms with Gasteiger partial charge in [-0.05, 0) is 48.2 Å². The molecule has 0 unspecified atom stereocenters. The second-order valence-electron chi connectivity index (χ2n) is 10.6. The molecule has 12 heteroatoms. The van der Waals surface area contributed by atoms with Crippen molar-refractivity contribution >= 4 is 28.6 Å². The van der Waals surface area contributed by atoms with Gasteiger partial charge in [-0.25, -0.2) is 4.57 Å². The van der Waals surface area contributed by atoms with Crippen molar-refractivity contribution in [2.24, 2.45) is 0 Å². The Kier molecular flexibility index (Phi) is 7.70. The number of phenolic OH excluding ortho intramolecular Hbond substituents is 2. The molecule has 4 aromatic rings. The van der Waals surface area contributed by atoms with Crippen LogP contribution in [0.1, 0.15) is 38.2 Å². The molecule has 5 rings (SSSR count). The van der Waals surface area contributed by atoms with Crippen LogP contribution in [0.4, 0.5) is 0 Å². The first kappa shape index (κ1) is 28.4. The number of carbonyl (C=O) groups is 3. The van der Waals surface area contributed by atoms with E-state index in [4.69, 9.17) is 0 Å². The summed E-state index contributed by atoms with van der Waals surface area (Å²) < 4.78 is 3.45. The molecule has 0 bridgehead atoms. The van der Waals surface area contributed by atoms with Gasteiger partial charge >= 0.3 is 6.01 Å². The van der Waals surface area contributed by atoms with Gasteiger partial charge in [0.05, 0.1) is 11.3 Å². The van der Waals surface area contributed by atoms with E-state index in [0.29, 0.717) is 36.3 Å². The normalized spacial score (nSPS) is 13.2. The number of aromatic hydroxyl groups is 3. The zero-order valence-electron chi connectivity index (χ0n) is 23.6. The molecule has 0 fully saturated rings. The van der Waals surface area contributed by atoms with Crippen molar-refractivity contribution in [3.8, 4) is 34.6 Å². The molecule has 1 aliphatic heterocycles. The Labute approximate surface area is 241 Å². The third-order valence-corrected chi connectivity index (χ3v) is 7.44. The third-order valence-electron chi connectivity index (χ3n) is 7.44. The molecule has 42 heavy (non-hydrogen) atoms. The fraction of sp³-hybridized carbons (Fsp3) is 0.300. The smallest absolute Gasteiger partial charge is 0.319 e. The van der Waals surface area contributed by atoms with Gasteiger partial charge in [0.15, 0.2) is 5.82 Å². The number of imide groups is 1. The molecule has 0 saturated carbocycles. The van der Waals surface area contributed by atoms with Crippen LogP contribution in [0.25, 0.3) is 28.0 Å². The zero-order valence-corrected chi connectivity index (χ0v) is 23.6. The van der Waals surface area contributed by atoms with E-state index >= 15 is 0 Å². The molecule has 218 valence electrons. The Bertz CT molecular complexity index is 1700. The minimum atomic E-state index is -0.350. The van der Waals surface area contributed by atoms with Crippen molar-refractivity contribution in [1.82, 2.24) is 29.1 Å². The minimum absolute atomic E-state index is 0.0106. The number of hydrogen-bond acceptors (Lipinski definition) is 8. The van der Waals surface area contributed by atoms with Gasteiger partial charge in [0.2, 0.25) is 5.91 Å². The van der Waals surface area contributed by atoms with E-state index in [0.717, 1.165) is 15.8 Å². The van der Waals surface area contributed by atoms with E-state index in [1.54, 1.807) is 24.1 Å². The number of benzene rings is 2. The van der Waals surface area contributed by atoms with Crippen LogP contribution in [0.15, 0.2) is 54.7 Å². The Morgan fingerprint density at radius 2 is 1.69 bits per heavy atom. The number of fused-ring (bicyclic) bond motifs is 1. The number of nitrogens with zero attached hydrogens (tertiary/aromatic N) is 6. The average molecular weight is 573 g/mol. The molecular formula is C30H32N6O6. The van der Waals surface area contributed by atoms with Crippen molar-refractivity contribution < 1.29 is 29.7 Å². The highest BCUT2D eigenvalue weighted by Crippen LogP contribution is 2.39. The molecule has 0 spiro atoms. The average Bonchev–Trinajstić information content (AvgIpc) is 3.63. The maximum atomic E-state index is 12.6. The van der Waals surface area contributed by atoms with Crippen LogP contribution in [0.5, 0.6) is 17.5 Å². The predicted molar refractivity (Wildman–Crippen MR) is 154 cm³/mol. The van der Waals surface area contributed by atoms with E-state index in [1.807, 2.05) is 42.8 Å². The van der Waals surface area contributed by atoms with Crippen LogP contribution in [0.2, 0.25) is 0 Å². The predicted octanol–water partition coefficient (Wildman–Crippen LogP) is 3.29. The molecule has 0 aliphatic carbocycles. The summed E-state index contributed by atoms with van der Waals surface area (Å²) in [6, 6.07) is 10.0. The van der Waals surface area contributed by atoms with Gasteiger partial charge in [-0.3, -0.25) is 19.3 Å². The summed E-state index contributed by atoms with van der Waals surface area (Å²) in [5, 5.41) is 40.2. The highest BCUT2D eigenvalue weighted by Gasteiger charge is 2.24. The number of hydrogen-bond donors (Lipinski definition) is 3. The van der Waals surface area contributed by atoms with Gasteiger partial charge in [-0.1, -0.05) is 18.9 Å². The summed E-state index contributed by atoms with van der Waals surface area (Å²) in [7, 11) is 1.72. The fourth-order valence-electron chi connectivity index (χ4n) is 5.06. The lowest BCUT2D eigenvalue weighted by molar-refractivity contribution is -0.138. The molecule has 0 saturated heterocycles. The van der Waals surface area contributed by atoms with Crippen LogP contribution in [-0.4, -0.2) is 82.3 Å². The molecule has 3 amide bonds. The molecule has 2 aromatic heterocycles. The van der Waals surface area contributed by atoms with Crippen molar-refractivity contribution in [3.63, 3.8) is 0 Å². The lowest BCUT2D eigenvalue weighted by atomic mass is 9.98. The Balaban J connectivity index is 1.28. The van der Waals surface area contributed by atoms with E-state index in [1.165, 1.54) is 22.8 Å². The Morgan fingerprint density at radius 3 is 2.40 bits per heavy atom. The topological polar surface area (TPSA) is 154 Å². The van der Waals surface area contributed by atoms with Crippen LogP contribution in [0, 0.1) is 0 Å². The molecule has 0 atom stereocenters. The summed E-state index contributed by atoms with van der Waals surface area (Å²) in [5.41, 5.74) is 2.45. The summed E-state index contributed by atoms with van der Waals surface area (Å²) in [6.45, 7) is 5.06. The number of likely N-dealkylation sites (N-methyl/N-ethyl adjacent to an activating group) is 1. The summed E-state index contributed by atoms with van der Waals surface area (Å²) >= 11 is 0. The molecule has 0 radical (unpaired) electrons. The Morgan fingerprint density at radius 1 is 0.952 bits per heavy atom. The maximum absolute atomic E-state index is 12.6. The molecule has 1 aliphatic rings. The van der Waals surface area contributed by atoms with Gasteiger partial charge in [0.1, 0.15) is 11.5 Å². The van der Waals surface area contributed by atoms with Crippen molar-refractivity contribution in [3.05, 3.63) is 60.3 Å². The summed E-state index contributed by atoms with van der Waals surface area (Å²) in [4.78, 5) is 38.7. The van der Waals surface area contributed by atoms with Crippen LogP contribution < -0.4 is 0 Å². The van der Waals surface area contributed by atoms with E-state index < -0.39 is 0 Å². The van der Waals surface area contributed by atoms with Crippen molar-refractivity contribution in [2.75, 3.05) is 20.1 Å². The van der Waals surface area contributed by atoms with Gasteiger partial charge in [-0.15, -0.1) is 5.10 Å². The number of phenols is 2. The van der Waals surface area contributed by atoms with E-state index in [2.05, 4.69) is 10.2 Å². The third kappa shape index (κ3) is 5.42. The van der Waals surface area contributed by atoms with E-state index in [9.17, 15) is 29.7 Å².